The smallest absolute Gasteiger partial charge is 0.236 e. The zero-order chi connectivity index (χ0) is 19.0. The van der Waals surface area contributed by atoms with Gasteiger partial charge in [0.2, 0.25) is 5.91 Å². The Morgan fingerprint density at radius 1 is 1.07 bits per heavy atom. The molecule has 1 aliphatic carbocycles. The molecule has 27 heavy (non-hydrogen) atoms. The monoisotopic (exact) mass is 384 g/mol. The first-order chi connectivity index (χ1) is 13.1. The Balaban J connectivity index is 1.58. The van der Waals surface area contributed by atoms with Crippen molar-refractivity contribution in [3.63, 3.8) is 0 Å². The van der Waals surface area contributed by atoms with Gasteiger partial charge in [0.1, 0.15) is 5.82 Å². The largest absolute Gasteiger partial charge is 0.336 e. The maximum Gasteiger partial charge on any atom is 0.236 e. The maximum atomic E-state index is 13.2. The molecular weight excluding hydrogens is 356 g/mol. The van der Waals surface area contributed by atoms with Crippen LogP contribution in [0.4, 0.5) is 0 Å². The third kappa shape index (κ3) is 3.77. The van der Waals surface area contributed by atoms with Crippen molar-refractivity contribution in [3.8, 4) is 5.69 Å². The molecule has 2 heterocycles. The number of hydrogen-bond donors (Lipinski definition) is 0. The van der Waals surface area contributed by atoms with Gasteiger partial charge in [-0.25, -0.2) is 0 Å². The van der Waals surface area contributed by atoms with E-state index in [1.165, 1.54) is 31.0 Å². The van der Waals surface area contributed by atoms with Crippen molar-refractivity contribution < 1.29 is 4.79 Å². The second-order valence-electron chi connectivity index (χ2n) is 7.92. The summed E-state index contributed by atoms with van der Waals surface area (Å²) in [6, 6.07) is 10.9. The van der Waals surface area contributed by atoms with Crippen LogP contribution in [0.15, 0.2) is 35.5 Å². The second kappa shape index (κ2) is 7.66. The van der Waals surface area contributed by atoms with E-state index in [1.807, 2.05) is 25.1 Å². The van der Waals surface area contributed by atoms with Gasteiger partial charge in [-0.1, -0.05) is 30.0 Å². The van der Waals surface area contributed by atoms with Gasteiger partial charge in [0.05, 0.1) is 5.25 Å². The highest BCUT2D eigenvalue weighted by Gasteiger charge is 2.35. The fourth-order valence-corrected chi connectivity index (χ4v) is 4.99. The Morgan fingerprint density at radius 3 is 2.37 bits per heavy atom. The first-order valence-corrected chi connectivity index (χ1v) is 10.9. The van der Waals surface area contributed by atoms with E-state index in [9.17, 15) is 4.79 Å². The lowest BCUT2D eigenvalue weighted by atomic mass is 9.97. The number of thioether (sulfide) groups is 1. The molecule has 0 radical (unpaired) electrons. The van der Waals surface area contributed by atoms with E-state index >= 15 is 0 Å². The predicted molar refractivity (Wildman–Crippen MR) is 108 cm³/mol. The summed E-state index contributed by atoms with van der Waals surface area (Å²) in [6.45, 7) is 6.34. The minimum Gasteiger partial charge on any atom is -0.336 e. The Hall–Kier alpha value is -1.82. The highest BCUT2D eigenvalue weighted by atomic mass is 32.2. The van der Waals surface area contributed by atoms with Crippen LogP contribution in [0.25, 0.3) is 5.69 Å². The van der Waals surface area contributed by atoms with E-state index in [0.717, 1.165) is 29.5 Å². The van der Waals surface area contributed by atoms with Crippen LogP contribution in [0.5, 0.6) is 0 Å². The average molecular weight is 385 g/mol. The molecule has 0 bridgehead atoms. The number of likely N-dealkylation sites (tertiary alicyclic amines) is 1. The number of nitrogens with zero attached hydrogens (tertiary/aromatic N) is 4. The van der Waals surface area contributed by atoms with Gasteiger partial charge in [-0.15, -0.1) is 10.2 Å². The number of amides is 1. The second-order valence-corrected chi connectivity index (χ2v) is 9.23. The molecule has 1 aromatic carbocycles. The molecule has 3 atom stereocenters. The van der Waals surface area contributed by atoms with Crippen LogP contribution in [-0.4, -0.2) is 42.9 Å². The summed E-state index contributed by atoms with van der Waals surface area (Å²) in [5, 5.41) is 9.59. The number of aromatic nitrogens is 3. The molecule has 2 fully saturated rings. The summed E-state index contributed by atoms with van der Waals surface area (Å²) in [5.41, 5.74) is 1.08. The van der Waals surface area contributed by atoms with E-state index < -0.39 is 0 Å². The molecular formula is C21H28N4OS. The fourth-order valence-electron chi connectivity index (χ4n) is 4.06. The molecule has 4 rings (SSSR count). The topological polar surface area (TPSA) is 51.0 Å². The number of para-hydroxylation sites is 1. The van der Waals surface area contributed by atoms with Crippen molar-refractivity contribution in [2.24, 2.45) is 0 Å². The third-order valence-corrected chi connectivity index (χ3v) is 6.72. The van der Waals surface area contributed by atoms with Crippen molar-refractivity contribution >= 4 is 17.7 Å². The molecule has 3 unspecified atom stereocenters. The Kier molecular flexibility index (Phi) is 5.26. The standard InChI is InChI=1S/C21H28N4OS/c1-14-8-7-9-15(2)24(14)20(26)16(3)27-21-23-22-19(17-12-13-17)25(21)18-10-5-4-6-11-18/h4-6,10-11,14-17H,7-9,12-13H2,1-3H3. The minimum absolute atomic E-state index is 0.174. The van der Waals surface area contributed by atoms with Gasteiger partial charge in [0.25, 0.3) is 0 Å². The maximum absolute atomic E-state index is 13.2. The fraction of sp³-hybridized carbons (Fsp3) is 0.571. The van der Waals surface area contributed by atoms with Gasteiger partial charge >= 0.3 is 0 Å². The normalized spacial score (nSPS) is 24.0. The van der Waals surface area contributed by atoms with Crippen LogP contribution in [0.3, 0.4) is 0 Å². The van der Waals surface area contributed by atoms with Crippen LogP contribution >= 0.6 is 11.8 Å². The zero-order valence-electron chi connectivity index (χ0n) is 16.3. The van der Waals surface area contributed by atoms with Gasteiger partial charge in [0.15, 0.2) is 5.16 Å². The van der Waals surface area contributed by atoms with Crippen LogP contribution < -0.4 is 0 Å². The first kappa shape index (κ1) is 18.5. The van der Waals surface area contributed by atoms with Gasteiger partial charge in [-0.05, 0) is 65.0 Å². The molecule has 144 valence electrons. The molecule has 0 spiro atoms. The minimum atomic E-state index is -0.174. The van der Waals surface area contributed by atoms with E-state index in [0.29, 0.717) is 18.0 Å². The quantitative estimate of drug-likeness (QED) is 0.716. The predicted octanol–water partition coefficient (Wildman–Crippen LogP) is 4.41. The lowest BCUT2D eigenvalue weighted by Crippen LogP contribution is -2.50. The summed E-state index contributed by atoms with van der Waals surface area (Å²) in [4.78, 5) is 15.3. The Bertz CT molecular complexity index is 792. The Labute approximate surface area is 165 Å². The lowest BCUT2D eigenvalue weighted by Gasteiger charge is -2.40. The van der Waals surface area contributed by atoms with Crippen molar-refractivity contribution in [2.45, 2.75) is 81.3 Å². The molecule has 6 heteroatoms. The van der Waals surface area contributed by atoms with Crippen molar-refractivity contribution in [2.75, 3.05) is 0 Å². The van der Waals surface area contributed by atoms with E-state index in [1.54, 1.807) is 0 Å². The first-order valence-electron chi connectivity index (χ1n) is 10.1. The summed E-state index contributed by atoms with van der Waals surface area (Å²) >= 11 is 1.54. The third-order valence-electron chi connectivity index (χ3n) is 5.69. The molecule has 5 nitrogen and oxygen atoms in total. The molecule has 1 saturated heterocycles. The number of hydrogen-bond acceptors (Lipinski definition) is 4. The van der Waals surface area contributed by atoms with E-state index in [4.69, 9.17) is 0 Å². The van der Waals surface area contributed by atoms with Gasteiger partial charge in [-0.2, -0.15) is 0 Å². The SMILES string of the molecule is CC(Sc1nnc(C2CC2)n1-c1ccccc1)C(=O)N1C(C)CCCC1C. The number of rotatable bonds is 5. The van der Waals surface area contributed by atoms with Crippen molar-refractivity contribution in [1.82, 2.24) is 19.7 Å². The summed E-state index contributed by atoms with van der Waals surface area (Å²) < 4.78 is 2.15. The van der Waals surface area contributed by atoms with Gasteiger partial charge in [-0.3, -0.25) is 9.36 Å². The molecule has 1 aliphatic heterocycles. The molecule has 1 saturated carbocycles. The molecule has 2 aliphatic rings. The van der Waals surface area contributed by atoms with Crippen molar-refractivity contribution in [1.29, 1.82) is 0 Å². The van der Waals surface area contributed by atoms with Crippen LogP contribution in [0, 0.1) is 0 Å². The highest BCUT2D eigenvalue weighted by Crippen LogP contribution is 2.41. The molecule has 1 amide bonds. The molecule has 0 N–H and O–H groups in total. The zero-order valence-corrected chi connectivity index (χ0v) is 17.2. The van der Waals surface area contributed by atoms with Crippen LogP contribution in [0.1, 0.15) is 64.6 Å². The average Bonchev–Trinajstić information content (AvgIpc) is 3.43. The number of carbonyl (C=O) groups is 1. The number of benzene rings is 1. The van der Waals surface area contributed by atoms with Gasteiger partial charge in [0, 0.05) is 23.7 Å². The highest BCUT2D eigenvalue weighted by molar-refractivity contribution is 8.00. The number of carbonyl (C=O) groups excluding carboxylic acids is 1. The summed E-state index contributed by atoms with van der Waals surface area (Å²) in [6.07, 6.45) is 5.75. The Morgan fingerprint density at radius 2 is 1.74 bits per heavy atom. The van der Waals surface area contributed by atoms with Crippen LogP contribution in [0.2, 0.25) is 0 Å². The van der Waals surface area contributed by atoms with Crippen LogP contribution in [-0.2, 0) is 4.79 Å². The van der Waals surface area contributed by atoms with E-state index in [-0.39, 0.29) is 11.2 Å². The van der Waals surface area contributed by atoms with Crippen molar-refractivity contribution in [3.05, 3.63) is 36.2 Å². The number of piperidine rings is 1. The molecule has 2 aromatic rings. The van der Waals surface area contributed by atoms with E-state index in [2.05, 4.69) is 45.6 Å². The summed E-state index contributed by atoms with van der Waals surface area (Å²) in [7, 11) is 0. The molecule has 1 aromatic heterocycles. The summed E-state index contributed by atoms with van der Waals surface area (Å²) in [5.74, 6) is 1.75. The van der Waals surface area contributed by atoms with Gasteiger partial charge < -0.3 is 4.90 Å². The lowest BCUT2D eigenvalue weighted by molar-refractivity contribution is -0.136.